The van der Waals surface area contributed by atoms with Crippen molar-refractivity contribution in [2.45, 2.75) is 25.8 Å². The average molecular weight is 230 g/mol. The molecule has 4 N–H and O–H groups in total. The molecule has 0 aromatic carbocycles. The summed E-state index contributed by atoms with van der Waals surface area (Å²) in [6.45, 7) is 3.21. The summed E-state index contributed by atoms with van der Waals surface area (Å²) < 4.78 is 0. The lowest BCUT2D eigenvalue weighted by Crippen LogP contribution is -2.57. The van der Waals surface area contributed by atoms with Crippen molar-refractivity contribution >= 4 is 23.3 Å². The second kappa shape index (κ2) is 5.48. The first-order valence-corrected chi connectivity index (χ1v) is 4.67. The average Bonchev–Trinajstić information content (AvgIpc) is 2.17. The molecule has 0 saturated heterocycles. The van der Waals surface area contributed by atoms with E-state index in [-0.39, 0.29) is 18.1 Å². The van der Waals surface area contributed by atoms with Crippen LogP contribution in [0, 0.1) is 11.3 Å². The largest absolute Gasteiger partial charge is 0.480 e. The van der Waals surface area contributed by atoms with E-state index in [4.69, 9.17) is 28.4 Å². The normalized spacial score (nSPS) is 10.3. The Kier molecular flexibility index (Phi) is 4.97. The fourth-order valence-corrected chi connectivity index (χ4v) is 1.31. The summed E-state index contributed by atoms with van der Waals surface area (Å²) in [6, 6.07) is 1.93. The maximum absolute atomic E-state index is 11.0. The zero-order chi connectivity index (χ0) is 12.1. The molecule has 7 heteroatoms. The Morgan fingerprint density at radius 1 is 1.73 bits per heavy atom. The summed E-state index contributed by atoms with van der Waals surface area (Å²) in [4.78, 5) is 12.4. The summed E-state index contributed by atoms with van der Waals surface area (Å²) in [5, 5.41) is 17.6. The van der Waals surface area contributed by atoms with Crippen LogP contribution in [0.2, 0.25) is 0 Å². The van der Waals surface area contributed by atoms with Crippen molar-refractivity contribution in [3.8, 4) is 6.07 Å². The maximum Gasteiger partial charge on any atom is 0.329 e. The van der Waals surface area contributed by atoms with Gasteiger partial charge in [0.25, 0.3) is 0 Å². The van der Waals surface area contributed by atoms with Gasteiger partial charge >= 0.3 is 5.97 Å². The second-order valence-corrected chi connectivity index (χ2v) is 3.76. The van der Waals surface area contributed by atoms with Gasteiger partial charge < -0.3 is 15.4 Å². The zero-order valence-electron chi connectivity index (χ0n) is 8.65. The van der Waals surface area contributed by atoms with Crippen LogP contribution in [0.1, 0.15) is 20.3 Å². The Hall–Kier alpha value is -1.39. The highest BCUT2D eigenvalue weighted by molar-refractivity contribution is 7.80. The lowest BCUT2D eigenvalue weighted by atomic mass is 10.0. The number of carbonyl (C=O) groups is 1. The standard InChI is InChI=1S/C8H14N4O2S/c1-8(2,6(13)14)12(5-3-4-9)7(15)11-10/h3,5,10H2,1-2H3,(H,11,15)(H,13,14). The molecule has 0 rings (SSSR count). The number of carboxylic acids is 1. The number of nitrogens with two attached hydrogens (primary N) is 1. The van der Waals surface area contributed by atoms with Crippen LogP contribution >= 0.6 is 12.2 Å². The third kappa shape index (κ3) is 3.34. The van der Waals surface area contributed by atoms with E-state index in [2.05, 4.69) is 5.43 Å². The summed E-state index contributed by atoms with van der Waals surface area (Å²) in [6.07, 6.45) is 0.179. The summed E-state index contributed by atoms with van der Waals surface area (Å²) in [7, 11) is 0. The summed E-state index contributed by atoms with van der Waals surface area (Å²) in [5.41, 5.74) is 1.03. The van der Waals surface area contributed by atoms with Crippen molar-refractivity contribution in [2.24, 2.45) is 5.84 Å². The van der Waals surface area contributed by atoms with E-state index < -0.39 is 11.5 Å². The topological polar surface area (TPSA) is 102 Å². The molecular formula is C8H14N4O2S. The van der Waals surface area contributed by atoms with Crippen LogP contribution in [0.4, 0.5) is 0 Å². The predicted molar refractivity (Wildman–Crippen MR) is 58.6 cm³/mol. The number of aliphatic carboxylic acids is 1. The number of hydrogen-bond donors (Lipinski definition) is 3. The molecule has 0 aromatic rings. The molecule has 0 aliphatic carbocycles. The molecule has 0 aromatic heterocycles. The Bertz CT molecular complexity index is 298. The molecule has 6 nitrogen and oxygen atoms in total. The summed E-state index contributed by atoms with van der Waals surface area (Å²) >= 11 is 4.87. The molecule has 84 valence electrons. The van der Waals surface area contributed by atoms with Crippen LogP contribution in [0.5, 0.6) is 0 Å². The van der Waals surface area contributed by atoms with Crippen molar-refractivity contribution in [3.05, 3.63) is 0 Å². The Balaban J connectivity index is 4.85. The molecule has 0 atom stereocenters. The molecule has 0 bridgehead atoms. The fraction of sp³-hybridized carbons (Fsp3) is 0.625. The zero-order valence-corrected chi connectivity index (χ0v) is 9.47. The highest BCUT2D eigenvalue weighted by Gasteiger charge is 2.35. The number of hydrogen-bond acceptors (Lipinski definition) is 4. The molecule has 0 aliphatic heterocycles. The van der Waals surface area contributed by atoms with Crippen molar-refractivity contribution in [3.63, 3.8) is 0 Å². The van der Waals surface area contributed by atoms with Crippen molar-refractivity contribution in [2.75, 3.05) is 6.54 Å². The third-order valence-electron chi connectivity index (χ3n) is 2.01. The van der Waals surface area contributed by atoms with Crippen molar-refractivity contribution < 1.29 is 9.90 Å². The maximum atomic E-state index is 11.0. The van der Waals surface area contributed by atoms with Crippen LogP contribution in [-0.4, -0.2) is 33.2 Å². The van der Waals surface area contributed by atoms with E-state index in [1.807, 2.05) is 6.07 Å². The molecule has 0 radical (unpaired) electrons. The molecule has 0 unspecified atom stereocenters. The van der Waals surface area contributed by atoms with Crippen LogP contribution in [-0.2, 0) is 4.79 Å². The van der Waals surface area contributed by atoms with Gasteiger partial charge in [0.15, 0.2) is 5.11 Å². The van der Waals surface area contributed by atoms with E-state index in [1.54, 1.807) is 0 Å². The van der Waals surface area contributed by atoms with E-state index in [0.717, 1.165) is 0 Å². The summed E-state index contributed by atoms with van der Waals surface area (Å²) in [5.74, 6) is 4.10. The van der Waals surface area contributed by atoms with Crippen molar-refractivity contribution in [1.29, 1.82) is 5.26 Å². The Morgan fingerprint density at radius 3 is 2.60 bits per heavy atom. The Labute approximate surface area is 93.6 Å². The van der Waals surface area contributed by atoms with Gasteiger partial charge in [0.1, 0.15) is 5.54 Å². The van der Waals surface area contributed by atoms with Gasteiger partial charge in [-0.15, -0.1) is 0 Å². The fourth-order valence-electron chi connectivity index (χ4n) is 0.990. The van der Waals surface area contributed by atoms with Gasteiger partial charge in [-0.1, -0.05) is 0 Å². The van der Waals surface area contributed by atoms with Gasteiger partial charge in [-0.25, -0.2) is 10.6 Å². The third-order valence-corrected chi connectivity index (χ3v) is 2.35. The van der Waals surface area contributed by atoms with Gasteiger partial charge in [0.2, 0.25) is 0 Å². The number of hydrazine groups is 1. The van der Waals surface area contributed by atoms with Gasteiger partial charge in [-0.3, -0.25) is 0 Å². The molecule has 15 heavy (non-hydrogen) atoms. The van der Waals surface area contributed by atoms with E-state index in [9.17, 15) is 4.79 Å². The first-order chi connectivity index (χ1) is 6.87. The van der Waals surface area contributed by atoms with E-state index in [0.29, 0.717) is 0 Å². The van der Waals surface area contributed by atoms with Crippen LogP contribution in [0.15, 0.2) is 0 Å². The monoisotopic (exact) mass is 230 g/mol. The Morgan fingerprint density at radius 2 is 2.27 bits per heavy atom. The molecule has 0 spiro atoms. The minimum Gasteiger partial charge on any atom is -0.480 e. The molecular weight excluding hydrogens is 216 g/mol. The minimum absolute atomic E-state index is 0.109. The lowest BCUT2D eigenvalue weighted by Gasteiger charge is -2.35. The predicted octanol–water partition coefficient (Wildman–Crippen LogP) is -0.187. The molecule has 0 aliphatic rings. The van der Waals surface area contributed by atoms with Gasteiger partial charge in [0.05, 0.1) is 12.5 Å². The quantitative estimate of drug-likeness (QED) is 0.349. The van der Waals surface area contributed by atoms with Gasteiger partial charge in [-0.2, -0.15) is 5.26 Å². The molecule has 0 amide bonds. The highest BCUT2D eigenvalue weighted by atomic mass is 32.1. The number of thiocarbonyl (C=S) groups is 1. The van der Waals surface area contributed by atoms with E-state index in [1.165, 1.54) is 18.7 Å². The minimum atomic E-state index is -1.19. The number of nitrogens with one attached hydrogen (secondary N) is 1. The molecule has 0 saturated carbocycles. The molecule has 0 heterocycles. The second-order valence-electron chi connectivity index (χ2n) is 3.37. The SMILES string of the molecule is CC(C)(C(=O)O)N(CCC#N)C(=S)NN. The first kappa shape index (κ1) is 13.6. The van der Waals surface area contributed by atoms with Crippen molar-refractivity contribution in [1.82, 2.24) is 10.3 Å². The van der Waals surface area contributed by atoms with Crippen LogP contribution < -0.4 is 11.3 Å². The van der Waals surface area contributed by atoms with Gasteiger partial charge in [0, 0.05) is 6.54 Å². The smallest absolute Gasteiger partial charge is 0.329 e. The first-order valence-electron chi connectivity index (χ1n) is 4.26. The number of rotatable bonds is 4. The van der Waals surface area contributed by atoms with Crippen LogP contribution in [0.3, 0.4) is 0 Å². The number of nitriles is 1. The van der Waals surface area contributed by atoms with Gasteiger partial charge in [-0.05, 0) is 26.1 Å². The van der Waals surface area contributed by atoms with Crippen LogP contribution in [0.25, 0.3) is 0 Å². The number of nitrogens with zero attached hydrogens (tertiary/aromatic N) is 2. The highest BCUT2D eigenvalue weighted by Crippen LogP contribution is 2.15. The lowest BCUT2D eigenvalue weighted by molar-refractivity contribution is -0.146. The number of carboxylic acid groups (broad SMARTS) is 1. The molecule has 0 fully saturated rings. The van der Waals surface area contributed by atoms with E-state index >= 15 is 0 Å².